The molecule has 1 N–H and O–H groups in total. The molecular formula is C22H29ClN2O3. The fraction of sp³-hybridized carbons (Fsp3) is 0.455. The molecule has 1 aliphatic rings. The van der Waals surface area contributed by atoms with Crippen LogP contribution in [0.1, 0.15) is 18.1 Å². The van der Waals surface area contributed by atoms with Crippen molar-refractivity contribution in [1.29, 1.82) is 0 Å². The van der Waals surface area contributed by atoms with Crippen LogP contribution < -0.4 is 14.8 Å². The van der Waals surface area contributed by atoms with Gasteiger partial charge in [-0.05, 0) is 30.2 Å². The SMILES string of the molecule is CCOc1cc(CNCCN2CCOCC2)cc(Cl)c1OCc1ccccc1. The summed E-state index contributed by atoms with van der Waals surface area (Å²) in [6.45, 7) is 9.34. The second kappa shape index (κ2) is 11.3. The quantitative estimate of drug-likeness (QED) is 0.611. The molecule has 2 aromatic rings. The summed E-state index contributed by atoms with van der Waals surface area (Å²) in [6.07, 6.45) is 0. The number of rotatable bonds is 10. The smallest absolute Gasteiger partial charge is 0.180 e. The summed E-state index contributed by atoms with van der Waals surface area (Å²) in [4.78, 5) is 2.41. The van der Waals surface area contributed by atoms with E-state index in [9.17, 15) is 0 Å². The van der Waals surface area contributed by atoms with E-state index < -0.39 is 0 Å². The summed E-state index contributed by atoms with van der Waals surface area (Å²) in [6, 6.07) is 14.0. The van der Waals surface area contributed by atoms with Gasteiger partial charge in [0.25, 0.3) is 0 Å². The molecular weight excluding hydrogens is 376 g/mol. The minimum absolute atomic E-state index is 0.456. The lowest BCUT2D eigenvalue weighted by molar-refractivity contribution is 0.0384. The number of hydrogen-bond acceptors (Lipinski definition) is 5. The Morgan fingerprint density at radius 3 is 2.61 bits per heavy atom. The van der Waals surface area contributed by atoms with Crippen LogP contribution in [0.2, 0.25) is 5.02 Å². The second-order valence-corrected chi connectivity index (χ2v) is 7.15. The van der Waals surface area contributed by atoms with Crippen LogP contribution in [0.15, 0.2) is 42.5 Å². The van der Waals surface area contributed by atoms with Gasteiger partial charge >= 0.3 is 0 Å². The third kappa shape index (κ3) is 6.38. The van der Waals surface area contributed by atoms with Crippen molar-refractivity contribution in [3.05, 3.63) is 58.6 Å². The van der Waals surface area contributed by atoms with Crippen LogP contribution >= 0.6 is 11.6 Å². The van der Waals surface area contributed by atoms with E-state index in [1.165, 1.54) is 0 Å². The van der Waals surface area contributed by atoms with E-state index >= 15 is 0 Å². The van der Waals surface area contributed by atoms with E-state index in [-0.39, 0.29) is 0 Å². The van der Waals surface area contributed by atoms with Crippen LogP contribution in [0.25, 0.3) is 0 Å². The average molecular weight is 405 g/mol. The zero-order chi connectivity index (χ0) is 19.6. The monoisotopic (exact) mass is 404 g/mol. The molecule has 0 unspecified atom stereocenters. The topological polar surface area (TPSA) is 43.0 Å². The van der Waals surface area contributed by atoms with Crippen molar-refractivity contribution in [2.45, 2.75) is 20.1 Å². The third-order valence-electron chi connectivity index (χ3n) is 4.63. The summed E-state index contributed by atoms with van der Waals surface area (Å²) in [7, 11) is 0. The highest BCUT2D eigenvalue weighted by Gasteiger charge is 2.13. The zero-order valence-electron chi connectivity index (χ0n) is 16.5. The molecule has 1 heterocycles. The summed E-state index contributed by atoms with van der Waals surface area (Å²) in [5, 5.41) is 4.06. The van der Waals surface area contributed by atoms with E-state index in [2.05, 4.69) is 10.2 Å². The van der Waals surface area contributed by atoms with Gasteiger partial charge in [0.2, 0.25) is 0 Å². The molecule has 3 rings (SSSR count). The Bertz CT molecular complexity index is 721. The Morgan fingerprint density at radius 2 is 1.86 bits per heavy atom. The van der Waals surface area contributed by atoms with Gasteiger partial charge < -0.3 is 19.5 Å². The molecule has 6 heteroatoms. The van der Waals surface area contributed by atoms with Gasteiger partial charge in [-0.15, -0.1) is 0 Å². The summed E-state index contributed by atoms with van der Waals surface area (Å²) in [5.41, 5.74) is 2.18. The Kier molecular flexibility index (Phi) is 8.42. The van der Waals surface area contributed by atoms with E-state index in [1.54, 1.807) is 0 Å². The van der Waals surface area contributed by atoms with Gasteiger partial charge in [-0.1, -0.05) is 41.9 Å². The Hall–Kier alpha value is -1.79. The van der Waals surface area contributed by atoms with E-state index in [4.69, 9.17) is 25.8 Å². The summed E-state index contributed by atoms with van der Waals surface area (Å²) < 4.78 is 17.1. The zero-order valence-corrected chi connectivity index (χ0v) is 17.2. The summed E-state index contributed by atoms with van der Waals surface area (Å²) in [5.74, 6) is 1.29. The molecule has 28 heavy (non-hydrogen) atoms. The molecule has 2 aromatic carbocycles. The van der Waals surface area contributed by atoms with E-state index in [0.717, 1.165) is 57.1 Å². The molecule has 0 atom stereocenters. The van der Waals surface area contributed by atoms with Crippen molar-refractivity contribution in [2.24, 2.45) is 0 Å². The van der Waals surface area contributed by atoms with Gasteiger partial charge in [0.15, 0.2) is 11.5 Å². The van der Waals surface area contributed by atoms with Crippen molar-refractivity contribution in [1.82, 2.24) is 10.2 Å². The van der Waals surface area contributed by atoms with E-state index in [1.807, 2.05) is 49.4 Å². The molecule has 0 saturated carbocycles. The Morgan fingerprint density at radius 1 is 1.07 bits per heavy atom. The fourth-order valence-corrected chi connectivity index (χ4v) is 3.44. The number of ether oxygens (including phenoxy) is 3. The van der Waals surface area contributed by atoms with Crippen molar-refractivity contribution in [3.63, 3.8) is 0 Å². The van der Waals surface area contributed by atoms with Gasteiger partial charge in [-0.25, -0.2) is 0 Å². The molecule has 5 nitrogen and oxygen atoms in total. The molecule has 0 bridgehead atoms. The maximum atomic E-state index is 6.52. The van der Waals surface area contributed by atoms with Gasteiger partial charge in [0, 0.05) is 32.7 Å². The van der Waals surface area contributed by atoms with Gasteiger partial charge in [0.1, 0.15) is 6.61 Å². The Labute approximate surface area is 172 Å². The minimum atomic E-state index is 0.456. The molecule has 0 radical (unpaired) electrons. The second-order valence-electron chi connectivity index (χ2n) is 6.74. The maximum Gasteiger partial charge on any atom is 0.180 e. The van der Waals surface area contributed by atoms with Gasteiger partial charge in [-0.3, -0.25) is 4.90 Å². The number of halogens is 1. The normalized spacial score (nSPS) is 14.8. The first-order chi connectivity index (χ1) is 13.8. The molecule has 1 saturated heterocycles. The summed E-state index contributed by atoms with van der Waals surface area (Å²) >= 11 is 6.52. The number of nitrogens with one attached hydrogen (secondary N) is 1. The van der Waals surface area contributed by atoms with E-state index in [0.29, 0.717) is 29.7 Å². The van der Waals surface area contributed by atoms with Crippen LogP contribution in [0.3, 0.4) is 0 Å². The minimum Gasteiger partial charge on any atom is -0.490 e. The maximum absolute atomic E-state index is 6.52. The first-order valence-corrected chi connectivity index (χ1v) is 10.3. The number of morpholine rings is 1. The number of hydrogen-bond donors (Lipinski definition) is 1. The van der Waals surface area contributed by atoms with Gasteiger partial charge in [0.05, 0.1) is 24.8 Å². The largest absolute Gasteiger partial charge is 0.490 e. The first-order valence-electron chi connectivity index (χ1n) is 9.89. The van der Waals surface area contributed by atoms with Crippen LogP contribution in [0, 0.1) is 0 Å². The van der Waals surface area contributed by atoms with Crippen LogP contribution in [0.5, 0.6) is 11.5 Å². The van der Waals surface area contributed by atoms with Crippen molar-refractivity contribution >= 4 is 11.6 Å². The Balaban J connectivity index is 1.56. The van der Waals surface area contributed by atoms with Gasteiger partial charge in [-0.2, -0.15) is 0 Å². The molecule has 0 aromatic heterocycles. The lowest BCUT2D eigenvalue weighted by Crippen LogP contribution is -2.40. The number of benzene rings is 2. The lowest BCUT2D eigenvalue weighted by atomic mass is 10.2. The van der Waals surface area contributed by atoms with Crippen LogP contribution in [-0.4, -0.2) is 50.9 Å². The van der Waals surface area contributed by atoms with Crippen LogP contribution in [0.4, 0.5) is 0 Å². The van der Waals surface area contributed by atoms with Crippen molar-refractivity contribution in [2.75, 3.05) is 46.0 Å². The first kappa shape index (κ1) is 20.9. The standard InChI is InChI=1S/C22H29ClN2O3/c1-2-27-21-15-19(16-24-8-9-25-10-12-26-13-11-25)14-20(23)22(21)28-17-18-6-4-3-5-7-18/h3-7,14-15,24H,2,8-13,16-17H2,1H3. The molecule has 0 spiro atoms. The molecule has 0 aliphatic carbocycles. The highest BCUT2D eigenvalue weighted by atomic mass is 35.5. The van der Waals surface area contributed by atoms with Crippen LogP contribution in [-0.2, 0) is 17.9 Å². The third-order valence-corrected chi connectivity index (χ3v) is 4.91. The lowest BCUT2D eigenvalue weighted by Gasteiger charge is -2.26. The predicted molar refractivity (Wildman–Crippen MR) is 112 cm³/mol. The average Bonchev–Trinajstić information content (AvgIpc) is 2.72. The highest BCUT2D eigenvalue weighted by molar-refractivity contribution is 6.32. The highest BCUT2D eigenvalue weighted by Crippen LogP contribution is 2.37. The molecule has 1 fully saturated rings. The van der Waals surface area contributed by atoms with Crippen molar-refractivity contribution in [3.8, 4) is 11.5 Å². The van der Waals surface area contributed by atoms with Crippen molar-refractivity contribution < 1.29 is 14.2 Å². The molecule has 152 valence electrons. The number of nitrogens with zero attached hydrogens (tertiary/aromatic N) is 1. The predicted octanol–water partition coefficient (Wildman–Crippen LogP) is 3.74. The molecule has 1 aliphatic heterocycles. The fourth-order valence-electron chi connectivity index (χ4n) is 3.15. The molecule has 0 amide bonds.